The Morgan fingerprint density at radius 2 is 1.96 bits per heavy atom. The van der Waals surface area contributed by atoms with E-state index in [-0.39, 0.29) is 19.7 Å². The highest BCUT2D eigenvalue weighted by Crippen LogP contribution is 2.35. The molecule has 2 aliphatic rings. The van der Waals surface area contributed by atoms with E-state index in [1.165, 1.54) is 0 Å². The van der Waals surface area contributed by atoms with Gasteiger partial charge in [0.25, 0.3) is 0 Å². The van der Waals surface area contributed by atoms with Crippen LogP contribution in [-0.2, 0) is 25.6 Å². The molecule has 27 heavy (non-hydrogen) atoms. The molecule has 1 aromatic carbocycles. The molecular weight excluding hydrogens is 350 g/mol. The van der Waals surface area contributed by atoms with E-state index in [0.29, 0.717) is 19.3 Å². The van der Waals surface area contributed by atoms with Gasteiger partial charge in [-0.2, -0.15) is 0 Å². The molecule has 2 aliphatic heterocycles. The molecule has 0 amide bonds. The van der Waals surface area contributed by atoms with E-state index >= 15 is 0 Å². The summed E-state index contributed by atoms with van der Waals surface area (Å²) in [6, 6.07) is 4.35. The quantitative estimate of drug-likeness (QED) is 0.457. The lowest BCUT2D eigenvalue weighted by Gasteiger charge is -2.21. The Morgan fingerprint density at radius 1 is 1.15 bits per heavy atom. The maximum Gasteiger partial charge on any atom is 0.231 e. The molecule has 1 saturated heterocycles. The van der Waals surface area contributed by atoms with E-state index in [1.807, 2.05) is 12.1 Å². The maximum atomic E-state index is 5.53. The van der Waals surface area contributed by atoms with Crippen molar-refractivity contribution in [2.24, 2.45) is 0 Å². The first-order chi connectivity index (χ1) is 13.2. The average Bonchev–Trinajstić information content (AvgIpc) is 3.28. The van der Waals surface area contributed by atoms with Crippen molar-refractivity contribution in [2.75, 3.05) is 54.6 Å². The van der Waals surface area contributed by atoms with Crippen molar-refractivity contribution in [1.29, 1.82) is 0 Å². The van der Waals surface area contributed by atoms with E-state index in [9.17, 15) is 0 Å². The number of fused-ring (bicyclic) bond motifs is 1. The standard InChI is InChI=1S/C20H29NO6/c1-22-12-17-9-18(24-3)10-21(17)6-4-5-15-7-19-20(27-14-26-19)8-16(15)11-25-13-23-2/h4-5,7-8,17-18H,6,9-14H2,1-3H3/b5-4+/t17-,18+/m0/s1. The zero-order valence-electron chi connectivity index (χ0n) is 16.3. The number of rotatable bonds is 10. The molecule has 7 heteroatoms. The van der Waals surface area contributed by atoms with Crippen molar-refractivity contribution >= 4 is 6.08 Å². The molecule has 1 aromatic rings. The van der Waals surface area contributed by atoms with Gasteiger partial charge in [0, 0.05) is 40.5 Å². The third kappa shape index (κ3) is 5.21. The number of nitrogens with zero attached hydrogens (tertiary/aromatic N) is 1. The third-order valence-electron chi connectivity index (χ3n) is 4.91. The fourth-order valence-electron chi connectivity index (χ4n) is 3.53. The van der Waals surface area contributed by atoms with Crippen LogP contribution >= 0.6 is 0 Å². The highest BCUT2D eigenvalue weighted by Gasteiger charge is 2.31. The number of benzene rings is 1. The van der Waals surface area contributed by atoms with Gasteiger partial charge in [-0.05, 0) is 29.7 Å². The third-order valence-corrected chi connectivity index (χ3v) is 4.91. The van der Waals surface area contributed by atoms with Crippen molar-refractivity contribution in [1.82, 2.24) is 4.90 Å². The molecule has 2 atom stereocenters. The summed E-state index contributed by atoms with van der Waals surface area (Å²) in [7, 11) is 5.13. The topological polar surface area (TPSA) is 58.6 Å². The maximum absolute atomic E-state index is 5.53. The molecule has 7 nitrogen and oxygen atoms in total. The van der Waals surface area contributed by atoms with Gasteiger partial charge in [-0.3, -0.25) is 4.90 Å². The van der Waals surface area contributed by atoms with Crippen LogP contribution < -0.4 is 9.47 Å². The molecule has 0 unspecified atom stereocenters. The highest BCUT2D eigenvalue weighted by atomic mass is 16.7. The van der Waals surface area contributed by atoms with Gasteiger partial charge >= 0.3 is 0 Å². The summed E-state index contributed by atoms with van der Waals surface area (Å²) < 4.78 is 32.4. The van der Waals surface area contributed by atoms with Crippen LogP contribution in [0, 0.1) is 0 Å². The Kier molecular flexibility index (Phi) is 7.49. The van der Waals surface area contributed by atoms with Gasteiger partial charge in [-0.1, -0.05) is 12.2 Å². The average molecular weight is 379 g/mol. The number of ether oxygens (including phenoxy) is 6. The van der Waals surface area contributed by atoms with Crippen LogP contribution in [-0.4, -0.2) is 71.7 Å². The molecule has 0 bridgehead atoms. The molecule has 0 spiro atoms. The number of hydrogen-bond acceptors (Lipinski definition) is 7. The first kappa shape index (κ1) is 20.1. The van der Waals surface area contributed by atoms with Crippen LogP contribution in [0.1, 0.15) is 17.5 Å². The largest absolute Gasteiger partial charge is 0.454 e. The van der Waals surface area contributed by atoms with E-state index in [2.05, 4.69) is 17.1 Å². The van der Waals surface area contributed by atoms with Crippen molar-refractivity contribution in [2.45, 2.75) is 25.2 Å². The second-order valence-electron chi connectivity index (χ2n) is 6.72. The number of hydrogen-bond donors (Lipinski definition) is 0. The highest BCUT2D eigenvalue weighted by molar-refractivity contribution is 5.61. The van der Waals surface area contributed by atoms with Crippen LogP contribution in [0.25, 0.3) is 6.08 Å². The molecule has 0 N–H and O–H groups in total. The Hall–Kier alpha value is -1.64. The fourth-order valence-corrected chi connectivity index (χ4v) is 3.53. The summed E-state index contributed by atoms with van der Waals surface area (Å²) in [5.74, 6) is 1.52. The van der Waals surface area contributed by atoms with Gasteiger partial charge in [0.05, 0.1) is 19.3 Å². The van der Waals surface area contributed by atoms with Crippen LogP contribution in [0.15, 0.2) is 18.2 Å². The molecule has 0 aliphatic carbocycles. The first-order valence-corrected chi connectivity index (χ1v) is 9.16. The summed E-state index contributed by atoms with van der Waals surface area (Å²) in [4.78, 5) is 2.39. The van der Waals surface area contributed by atoms with E-state index in [4.69, 9.17) is 28.4 Å². The second kappa shape index (κ2) is 10.1. The van der Waals surface area contributed by atoms with Crippen LogP contribution in [0.2, 0.25) is 0 Å². The summed E-state index contributed by atoms with van der Waals surface area (Å²) in [5.41, 5.74) is 2.10. The molecule has 0 radical (unpaired) electrons. The van der Waals surface area contributed by atoms with Gasteiger partial charge in [0.2, 0.25) is 6.79 Å². The summed E-state index contributed by atoms with van der Waals surface area (Å²) >= 11 is 0. The second-order valence-corrected chi connectivity index (χ2v) is 6.72. The molecule has 0 aromatic heterocycles. The van der Waals surface area contributed by atoms with E-state index < -0.39 is 0 Å². The first-order valence-electron chi connectivity index (χ1n) is 9.16. The Balaban J connectivity index is 1.68. The Labute approximate surface area is 160 Å². The Morgan fingerprint density at radius 3 is 2.70 bits per heavy atom. The normalized spacial score (nSPS) is 22.2. The van der Waals surface area contributed by atoms with Gasteiger partial charge in [-0.25, -0.2) is 0 Å². The minimum Gasteiger partial charge on any atom is -0.454 e. The summed E-state index contributed by atoms with van der Waals surface area (Å²) in [5, 5.41) is 0. The van der Waals surface area contributed by atoms with Gasteiger partial charge in [0.15, 0.2) is 11.5 Å². The predicted molar refractivity (Wildman–Crippen MR) is 101 cm³/mol. The molecular formula is C20H29NO6. The fraction of sp³-hybridized carbons (Fsp3) is 0.600. The molecule has 2 heterocycles. The van der Waals surface area contributed by atoms with Gasteiger partial charge in [-0.15, -0.1) is 0 Å². The van der Waals surface area contributed by atoms with Crippen molar-refractivity contribution in [3.63, 3.8) is 0 Å². The lowest BCUT2D eigenvalue weighted by molar-refractivity contribution is -0.0391. The van der Waals surface area contributed by atoms with Crippen LogP contribution in [0.3, 0.4) is 0 Å². The zero-order valence-corrected chi connectivity index (χ0v) is 16.3. The smallest absolute Gasteiger partial charge is 0.231 e. The van der Waals surface area contributed by atoms with Crippen molar-refractivity contribution in [3.05, 3.63) is 29.3 Å². The number of likely N-dealkylation sites (tertiary alicyclic amines) is 1. The minimum absolute atomic E-state index is 0.252. The van der Waals surface area contributed by atoms with E-state index in [1.54, 1.807) is 21.3 Å². The number of methoxy groups -OCH3 is 3. The molecule has 150 valence electrons. The molecule has 3 rings (SSSR count). The SMILES string of the molecule is COCOCc1cc2c(cc1/C=C/CN1C[C@H](OC)C[C@H]1COC)OCO2. The minimum atomic E-state index is 0.252. The van der Waals surface area contributed by atoms with Crippen molar-refractivity contribution < 1.29 is 28.4 Å². The summed E-state index contributed by atoms with van der Waals surface area (Å²) in [6.07, 6.45) is 5.54. The van der Waals surface area contributed by atoms with Gasteiger partial charge in [0.1, 0.15) is 6.79 Å². The lowest BCUT2D eigenvalue weighted by atomic mass is 10.1. The monoisotopic (exact) mass is 379 g/mol. The van der Waals surface area contributed by atoms with Crippen LogP contribution in [0.5, 0.6) is 11.5 Å². The molecule has 0 saturated carbocycles. The van der Waals surface area contributed by atoms with Crippen LogP contribution in [0.4, 0.5) is 0 Å². The van der Waals surface area contributed by atoms with E-state index in [0.717, 1.165) is 42.1 Å². The molecule has 1 fully saturated rings. The van der Waals surface area contributed by atoms with Crippen molar-refractivity contribution in [3.8, 4) is 11.5 Å². The lowest BCUT2D eigenvalue weighted by Crippen LogP contribution is -2.33. The zero-order chi connectivity index (χ0) is 19.1. The van der Waals surface area contributed by atoms with Gasteiger partial charge < -0.3 is 28.4 Å². The predicted octanol–water partition coefficient (Wildman–Crippen LogP) is 2.28. The summed E-state index contributed by atoms with van der Waals surface area (Å²) in [6.45, 7) is 3.43. The Bertz CT molecular complexity index is 635.